The van der Waals surface area contributed by atoms with Crippen molar-refractivity contribution in [1.29, 1.82) is 0 Å². The fraction of sp³-hybridized carbons (Fsp3) is 0.308. The first-order valence-corrected chi connectivity index (χ1v) is 5.54. The van der Waals surface area contributed by atoms with E-state index in [1.807, 2.05) is 18.2 Å². The largest absolute Gasteiger partial charge is 0.449 e. The van der Waals surface area contributed by atoms with Gasteiger partial charge in [0.15, 0.2) is 12.4 Å². The predicted molar refractivity (Wildman–Crippen MR) is 59.4 cm³/mol. The Morgan fingerprint density at radius 3 is 2.88 bits per heavy atom. The monoisotopic (exact) mass is 232 g/mol. The van der Waals surface area contributed by atoms with Gasteiger partial charge in [0.2, 0.25) is 0 Å². The van der Waals surface area contributed by atoms with Gasteiger partial charge in [-0.05, 0) is 18.2 Å². The molecule has 3 rings (SSSR count). The molecule has 4 nitrogen and oxygen atoms in total. The Labute approximate surface area is 98.8 Å². The minimum Gasteiger partial charge on any atom is -0.449 e. The molecular formula is C13H12O4. The first-order chi connectivity index (χ1) is 8.33. The van der Waals surface area contributed by atoms with Crippen LogP contribution in [-0.4, -0.2) is 31.1 Å². The van der Waals surface area contributed by atoms with Gasteiger partial charge >= 0.3 is 5.97 Å². The Bertz CT molecular complexity index is 440. The molecule has 0 amide bonds. The summed E-state index contributed by atoms with van der Waals surface area (Å²) in [5.74, 6) is -0.363. The van der Waals surface area contributed by atoms with E-state index >= 15 is 0 Å². The van der Waals surface area contributed by atoms with E-state index in [1.54, 1.807) is 24.3 Å². The average molecular weight is 232 g/mol. The standard InChI is InChI=1S/C13H12O4/c14-12(9-4-2-1-3-5-9)17-11-7-6-10-8-15-13(11)16-10/h1-7,10-11,13H,8H2/t10-,11+,13-/m0/s1. The number of ether oxygens (including phenoxy) is 3. The second kappa shape index (κ2) is 4.31. The molecule has 0 aliphatic carbocycles. The fourth-order valence-corrected chi connectivity index (χ4v) is 1.90. The van der Waals surface area contributed by atoms with Gasteiger partial charge in [-0.15, -0.1) is 0 Å². The molecule has 88 valence electrons. The van der Waals surface area contributed by atoms with Crippen LogP contribution in [0.1, 0.15) is 10.4 Å². The van der Waals surface area contributed by atoms with Crippen molar-refractivity contribution < 1.29 is 19.0 Å². The van der Waals surface area contributed by atoms with Gasteiger partial charge in [-0.2, -0.15) is 0 Å². The molecule has 1 aromatic carbocycles. The van der Waals surface area contributed by atoms with Crippen LogP contribution in [0.25, 0.3) is 0 Å². The number of esters is 1. The molecule has 1 fully saturated rings. The average Bonchev–Trinajstić information content (AvgIpc) is 2.77. The summed E-state index contributed by atoms with van der Waals surface area (Å²) in [5.41, 5.74) is 0.529. The highest BCUT2D eigenvalue weighted by Gasteiger charge is 2.36. The molecule has 0 radical (unpaired) electrons. The number of fused-ring (bicyclic) bond motifs is 2. The summed E-state index contributed by atoms with van der Waals surface area (Å²) in [7, 11) is 0. The number of hydrogen-bond donors (Lipinski definition) is 0. The zero-order valence-electron chi connectivity index (χ0n) is 9.11. The summed E-state index contributed by atoms with van der Waals surface area (Å²) in [6, 6.07) is 8.88. The summed E-state index contributed by atoms with van der Waals surface area (Å²) in [6.07, 6.45) is 2.78. The fourth-order valence-electron chi connectivity index (χ4n) is 1.90. The summed E-state index contributed by atoms with van der Waals surface area (Å²) in [5, 5.41) is 0. The maximum atomic E-state index is 11.8. The molecule has 0 aromatic heterocycles. The van der Waals surface area contributed by atoms with E-state index in [0.717, 1.165) is 0 Å². The third kappa shape index (κ3) is 2.09. The highest BCUT2D eigenvalue weighted by Crippen LogP contribution is 2.24. The van der Waals surface area contributed by atoms with Crippen LogP contribution in [0.2, 0.25) is 0 Å². The lowest BCUT2D eigenvalue weighted by molar-refractivity contribution is -0.119. The summed E-state index contributed by atoms with van der Waals surface area (Å²) in [6.45, 7) is 0.528. The van der Waals surface area contributed by atoms with Crippen molar-refractivity contribution in [1.82, 2.24) is 0 Å². The molecule has 1 saturated heterocycles. The minimum absolute atomic E-state index is 0.00618. The van der Waals surface area contributed by atoms with Crippen LogP contribution in [0.15, 0.2) is 42.5 Å². The Balaban J connectivity index is 1.70. The molecule has 2 aliphatic rings. The van der Waals surface area contributed by atoms with Crippen molar-refractivity contribution in [2.24, 2.45) is 0 Å². The topological polar surface area (TPSA) is 44.8 Å². The molecule has 0 spiro atoms. The van der Waals surface area contributed by atoms with Gasteiger partial charge in [-0.25, -0.2) is 4.79 Å². The number of carbonyl (C=O) groups is 1. The zero-order valence-corrected chi connectivity index (χ0v) is 9.11. The highest BCUT2D eigenvalue weighted by atomic mass is 16.7. The van der Waals surface area contributed by atoms with Crippen LogP contribution in [0.5, 0.6) is 0 Å². The van der Waals surface area contributed by atoms with E-state index in [9.17, 15) is 4.79 Å². The Hall–Kier alpha value is -1.65. The van der Waals surface area contributed by atoms with Crippen molar-refractivity contribution in [3.05, 3.63) is 48.0 Å². The first kappa shape index (κ1) is 10.5. The molecule has 0 N–H and O–H groups in total. The van der Waals surface area contributed by atoms with Crippen molar-refractivity contribution in [3.63, 3.8) is 0 Å². The highest BCUT2D eigenvalue weighted by molar-refractivity contribution is 5.89. The molecule has 2 heterocycles. The lowest BCUT2D eigenvalue weighted by atomic mass is 10.2. The number of hydrogen-bond acceptors (Lipinski definition) is 4. The van der Waals surface area contributed by atoms with Gasteiger partial charge in [0.25, 0.3) is 0 Å². The molecule has 1 aromatic rings. The number of carbonyl (C=O) groups excluding carboxylic acids is 1. The lowest BCUT2D eigenvalue weighted by Crippen LogP contribution is -2.33. The van der Waals surface area contributed by atoms with E-state index in [-0.39, 0.29) is 12.1 Å². The van der Waals surface area contributed by atoms with Gasteiger partial charge in [0.1, 0.15) is 6.10 Å². The van der Waals surface area contributed by atoms with Crippen LogP contribution in [0.3, 0.4) is 0 Å². The predicted octanol–water partition coefficient (Wildman–Crippen LogP) is 1.52. The Kier molecular flexibility index (Phi) is 2.66. The molecule has 17 heavy (non-hydrogen) atoms. The van der Waals surface area contributed by atoms with Gasteiger partial charge in [-0.1, -0.05) is 24.3 Å². The van der Waals surface area contributed by atoms with Crippen LogP contribution in [0.4, 0.5) is 0 Å². The number of benzene rings is 1. The Morgan fingerprint density at radius 1 is 1.24 bits per heavy atom. The quantitative estimate of drug-likeness (QED) is 0.573. The van der Waals surface area contributed by atoms with Gasteiger partial charge in [0, 0.05) is 0 Å². The van der Waals surface area contributed by atoms with Crippen LogP contribution in [0, 0.1) is 0 Å². The maximum Gasteiger partial charge on any atom is 0.338 e. The van der Waals surface area contributed by atoms with Crippen LogP contribution < -0.4 is 0 Å². The molecular weight excluding hydrogens is 220 g/mol. The van der Waals surface area contributed by atoms with E-state index in [0.29, 0.717) is 12.2 Å². The molecule has 2 aliphatic heterocycles. The van der Waals surface area contributed by atoms with E-state index in [1.165, 1.54) is 0 Å². The van der Waals surface area contributed by atoms with Gasteiger partial charge < -0.3 is 14.2 Å². The van der Waals surface area contributed by atoms with Crippen LogP contribution >= 0.6 is 0 Å². The summed E-state index contributed by atoms with van der Waals surface area (Å²) in [4.78, 5) is 11.8. The lowest BCUT2D eigenvalue weighted by Gasteiger charge is -2.22. The van der Waals surface area contributed by atoms with Gasteiger partial charge in [0.05, 0.1) is 12.2 Å². The second-order valence-corrected chi connectivity index (χ2v) is 4.00. The van der Waals surface area contributed by atoms with Gasteiger partial charge in [-0.3, -0.25) is 0 Å². The van der Waals surface area contributed by atoms with E-state index in [2.05, 4.69) is 0 Å². The second-order valence-electron chi connectivity index (χ2n) is 4.00. The molecule has 0 saturated carbocycles. The van der Waals surface area contributed by atoms with E-state index in [4.69, 9.17) is 14.2 Å². The van der Waals surface area contributed by atoms with Crippen molar-refractivity contribution in [2.45, 2.75) is 18.5 Å². The van der Waals surface area contributed by atoms with Crippen molar-refractivity contribution >= 4 is 5.97 Å². The smallest absolute Gasteiger partial charge is 0.338 e. The number of rotatable bonds is 2. The third-order valence-corrected chi connectivity index (χ3v) is 2.77. The summed E-state index contributed by atoms with van der Waals surface area (Å²) < 4.78 is 16.2. The zero-order chi connectivity index (χ0) is 11.7. The minimum atomic E-state index is -0.460. The molecule has 0 unspecified atom stereocenters. The normalized spacial score (nSPS) is 30.2. The third-order valence-electron chi connectivity index (χ3n) is 2.77. The SMILES string of the molecule is O=C(O[C@@H]1C=C[C@H]2CO[C@H]1O2)c1ccccc1. The van der Waals surface area contributed by atoms with Crippen molar-refractivity contribution in [2.75, 3.05) is 6.61 Å². The maximum absolute atomic E-state index is 11.8. The first-order valence-electron chi connectivity index (χ1n) is 5.54. The molecule has 2 bridgehead atoms. The summed E-state index contributed by atoms with van der Waals surface area (Å²) >= 11 is 0. The van der Waals surface area contributed by atoms with Crippen molar-refractivity contribution in [3.8, 4) is 0 Å². The van der Waals surface area contributed by atoms with E-state index < -0.39 is 12.4 Å². The Morgan fingerprint density at radius 2 is 2.06 bits per heavy atom. The van der Waals surface area contributed by atoms with Crippen LogP contribution in [-0.2, 0) is 14.2 Å². The molecule has 4 heteroatoms. The molecule has 3 atom stereocenters.